The van der Waals surface area contributed by atoms with Crippen molar-refractivity contribution in [3.05, 3.63) is 59.7 Å². The summed E-state index contributed by atoms with van der Waals surface area (Å²) in [7, 11) is 0. The largest absolute Gasteiger partial charge is 0.320 e. The lowest BCUT2D eigenvalue weighted by molar-refractivity contribution is -0.110. The zero-order chi connectivity index (χ0) is 20.8. The molecular formula is C22H24N6O2. The maximum Gasteiger partial charge on any atom is 0.274 e. The predicted molar refractivity (Wildman–Crippen MR) is 119 cm³/mol. The smallest absolute Gasteiger partial charge is 0.274 e. The summed E-state index contributed by atoms with van der Waals surface area (Å²) in [5.41, 5.74) is 4.37. The Kier molecular flexibility index (Phi) is 6.26. The maximum atomic E-state index is 12.0. The van der Waals surface area contributed by atoms with Gasteiger partial charge < -0.3 is 21.3 Å². The Morgan fingerprint density at radius 1 is 0.633 bits per heavy atom. The molecule has 0 fully saturated rings. The van der Waals surface area contributed by atoms with Crippen molar-refractivity contribution < 1.29 is 9.59 Å². The molecule has 154 valence electrons. The van der Waals surface area contributed by atoms with E-state index >= 15 is 0 Å². The lowest BCUT2D eigenvalue weighted by atomic mass is 10.1. The maximum absolute atomic E-state index is 12.0. The number of amides is 2. The number of hydrogen-bond donors (Lipinski definition) is 4. The summed E-state index contributed by atoms with van der Waals surface area (Å²) < 4.78 is 0. The van der Waals surface area contributed by atoms with Crippen LogP contribution in [0.5, 0.6) is 0 Å². The standard InChI is InChI=1S/C22H24N6O2/c29-21-19(15-5-1-3-7-17(15)27-21)25-13-11-23-9-10-24-12-14-26-20-16-6-2-4-8-18(16)28-22(20)30/h1-8,23-24H,9-14H2,(H,25,27,29)(H,26,28,30). The van der Waals surface area contributed by atoms with Gasteiger partial charge in [0.1, 0.15) is 11.4 Å². The molecule has 30 heavy (non-hydrogen) atoms. The van der Waals surface area contributed by atoms with E-state index < -0.39 is 0 Å². The van der Waals surface area contributed by atoms with Crippen LogP contribution in [0.4, 0.5) is 11.4 Å². The van der Waals surface area contributed by atoms with E-state index in [9.17, 15) is 9.59 Å². The summed E-state index contributed by atoms with van der Waals surface area (Å²) in [4.78, 5) is 32.8. The number of carbonyl (C=O) groups excluding carboxylic acids is 2. The number of aliphatic imine (C=N–C) groups is 2. The Morgan fingerprint density at radius 2 is 1.07 bits per heavy atom. The van der Waals surface area contributed by atoms with Crippen LogP contribution in [-0.2, 0) is 9.59 Å². The van der Waals surface area contributed by atoms with Gasteiger partial charge in [0.15, 0.2) is 0 Å². The highest BCUT2D eigenvalue weighted by atomic mass is 16.2. The van der Waals surface area contributed by atoms with Crippen LogP contribution in [0.1, 0.15) is 11.1 Å². The summed E-state index contributed by atoms with van der Waals surface area (Å²) >= 11 is 0. The lowest BCUT2D eigenvalue weighted by Gasteiger charge is -2.05. The van der Waals surface area contributed by atoms with Gasteiger partial charge in [-0.05, 0) is 12.1 Å². The summed E-state index contributed by atoms with van der Waals surface area (Å²) in [5.74, 6) is -0.281. The number of para-hydroxylation sites is 2. The minimum atomic E-state index is -0.141. The number of carbonyl (C=O) groups is 2. The molecule has 2 aliphatic rings. The average Bonchev–Trinajstić information content (AvgIpc) is 3.25. The molecule has 2 aliphatic heterocycles. The Bertz CT molecular complexity index is 933. The van der Waals surface area contributed by atoms with Gasteiger partial charge in [-0.1, -0.05) is 36.4 Å². The van der Waals surface area contributed by atoms with Gasteiger partial charge >= 0.3 is 0 Å². The van der Waals surface area contributed by atoms with Gasteiger partial charge in [0.05, 0.1) is 24.5 Å². The van der Waals surface area contributed by atoms with Crippen LogP contribution in [0, 0.1) is 0 Å². The molecule has 2 amide bonds. The van der Waals surface area contributed by atoms with Crippen molar-refractivity contribution in [1.82, 2.24) is 10.6 Å². The molecule has 8 heteroatoms. The van der Waals surface area contributed by atoms with Crippen molar-refractivity contribution in [2.24, 2.45) is 9.98 Å². The number of benzene rings is 2. The molecule has 0 atom stereocenters. The zero-order valence-corrected chi connectivity index (χ0v) is 16.6. The highest BCUT2D eigenvalue weighted by molar-refractivity contribution is 6.54. The SMILES string of the molecule is O=C1Nc2ccccc2C1=NCCNCCNCCN=C1C(=O)Nc2ccccc21. The summed E-state index contributed by atoms with van der Waals surface area (Å²) in [6.07, 6.45) is 0. The first-order valence-electron chi connectivity index (χ1n) is 10.1. The van der Waals surface area contributed by atoms with E-state index in [1.54, 1.807) is 0 Å². The fourth-order valence-corrected chi connectivity index (χ4v) is 3.44. The number of anilines is 2. The van der Waals surface area contributed by atoms with Crippen molar-refractivity contribution in [2.45, 2.75) is 0 Å². The fourth-order valence-electron chi connectivity index (χ4n) is 3.44. The van der Waals surface area contributed by atoms with Gasteiger partial charge in [-0.25, -0.2) is 0 Å². The van der Waals surface area contributed by atoms with Crippen LogP contribution >= 0.6 is 0 Å². The molecule has 8 nitrogen and oxygen atoms in total. The molecule has 0 unspecified atom stereocenters. The van der Waals surface area contributed by atoms with Crippen LogP contribution in [0.15, 0.2) is 58.5 Å². The molecule has 2 aromatic rings. The first kappa shape index (κ1) is 19.9. The molecule has 0 spiro atoms. The Balaban J connectivity index is 1.11. The fraction of sp³-hybridized carbons (Fsp3) is 0.273. The summed E-state index contributed by atoms with van der Waals surface area (Å²) in [6.45, 7) is 4.04. The van der Waals surface area contributed by atoms with Crippen molar-refractivity contribution in [2.75, 3.05) is 49.9 Å². The van der Waals surface area contributed by atoms with E-state index in [1.807, 2.05) is 48.5 Å². The second kappa shape index (κ2) is 9.43. The van der Waals surface area contributed by atoms with Gasteiger partial charge in [0.2, 0.25) is 0 Å². The second-order valence-electron chi connectivity index (χ2n) is 6.96. The van der Waals surface area contributed by atoms with E-state index in [2.05, 4.69) is 31.3 Å². The molecule has 0 saturated carbocycles. The van der Waals surface area contributed by atoms with Gasteiger partial charge in [-0.2, -0.15) is 0 Å². The van der Waals surface area contributed by atoms with Gasteiger partial charge in [-0.3, -0.25) is 19.6 Å². The Morgan fingerprint density at radius 3 is 1.53 bits per heavy atom. The van der Waals surface area contributed by atoms with E-state index in [1.165, 1.54) is 0 Å². The number of nitrogens with one attached hydrogen (secondary N) is 4. The van der Waals surface area contributed by atoms with E-state index in [4.69, 9.17) is 0 Å². The molecule has 4 rings (SSSR count). The molecule has 2 heterocycles. The Hall–Kier alpha value is -3.36. The van der Waals surface area contributed by atoms with Crippen LogP contribution in [0.25, 0.3) is 0 Å². The summed E-state index contributed by atoms with van der Waals surface area (Å²) in [5, 5.41) is 12.2. The molecule has 0 radical (unpaired) electrons. The van der Waals surface area contributed by atoms with Crippen LogP contribution < -0.4 is 21.3 Å². The van der Waals surface area contributed by atoms with Gasteiger partial charge in [0, 0.05) is 37.3 Å². The Labute approximate surface area is 174 Å². The first-order chi connectivity index (χ1) is 14.7. The molecule has 4 N–H and O–H groups in total. The quantitative estimate of drug-likeness (QED) is 0.469. The lowest BCUT2D eigenvalue weighted by Crippen LogP contribution is -2.30. The van der Waals surface area contributed by atoms with Crippen molar-refractivity contribution in [1.29, 1.82) is 0 Å². The molecule has 2 aromatic carbocycles. The molecule has 0 aromatic heterocycles. The number of rotatable bonds is 9. The number of fused-ring (bicyclic) bond motifs is 2. The third kappa shape index (κ3) is 4.45. The van der Waals surface area contributed by atoms with Crippen molar-refractivity contribution >= 4 is 34.6 Å². The molecule has 0 bridgehead atoms. The minimum absolute atomic E-state index is 0.141. The van der Waals surface area contributed by atoms with E-state index in [-0.39, 0.29) is 11.8 Å². The third-order valence-electron chi connectivity index (χ3n) is 4.89. The molecule has 0 saturated heterocycles. The van der Waals surface area contributed by atoms with Gasteiger partial charge in [0.25, 0.3) is 11.8 Å². The normalized spacial score (nSPS) is 17.2. The molecular weight excluding hydrogens is 380 g/mol. The second-order valence-corrected chi connectivity index (χ2v) is 6.96. The first-order valence-corrected chi connectivity index (χ1v) is 10.1. The monoisotopic (exact) mass is 404 g/mol. The van der Waals surface area contributed by atoms with Gasteiger partial charge in [-0.15, -0.1) is 0 Å². The molecule has 0 aliphatic carbocycles. The highest BCUT2D eigenvalue weighted by Gasteiger charge is 2.25. The number of hydrogen-bond acceptors (Lipinski definition) is 6. The van der Waals surface area contributed by atoms with Crippen LogP contribution in [-0.4, -0.2) is 62.5 Å². The van der Waals surface area contributed by atoms with Crippen LogP contribution in [0.3, 0.4) is 0 Å². The third-order valence-corrected chi connectivity index (χ3v) is 4.89. The highest BCUT2D eigenvalue weighted by Crippen LogP contribution is 2.23. The van der Waals surface area contributed by atoms with E-state index in [0.29, 0.717) is 37.6 Å². The zero-order valence-electron chi connectivity index (χ0n) is 16.6. The minimum Gasteiger partial charge on any atom is -0.320 e. The van der Waals surface area contributed by atoms with Crippen molar-refractivity contribution in [3.63, 3.8) is 0 Å². The number of nitrogens with zero attached hydrogens (tertiary/aromatic N) is 2. The average molecular weight is 404 g/mol. The summed E-state index contributed by atoms with van der Waals surface area (Å²) in [6, 6.07) is 15.2. The predicted octanol–water partition coefficient (Wildman–Crippen LogP) is 1.05. The topological polar surface area (TPSA) is 107 Å². The van der Waals surface area contributed by atoms with Crippen molar-refractivity contribution in [3.8, 4) is 0 Å². The van der Waals surface area contributed by atoms with Crippen LogP contribution in [0.2, 0.25) is 0 Å². The van der Waals surface area contributed by atoms with E-state index in [0.717, 1.165) is 35.6 Å².